The van der Waals surface area contributed by atoms with Gasteiger partial charge in [0.05, 0.1) is 73.7 Å². The Morgan fingerprint density at radius 2 is 1.64 bits per heavy atom. The van der Waals surface area contributed by atoms with Crippen LogP contribution in [0.3, 0.4) is 0 Å². The summed E-state index contributed by atoms with van der Waals surface area (Å²) in [6.07, 6.45) is 25.2. The van der Waals surface area contributed by atoms with Crippen LogP contribution in [0.5, 0.6) is 0 Å². The predicted molar refractivity (Wildman–Crippen MR) is 333 cm³/mol. The first-order valence-corrected chi connectivity index (χ1v) is 32.5. The number of rotatable bonds is 16. The molecular formula is C70H90N2O13Si. The van der Waals surface area contributed by atoms with E-state index in [9.17, 15) is 9.90 Å². The van der Waals surface area contributed by atoms with Crippen LogP contribution in [0.1, 0.15) is 142 Å². The van der Waals surface area contributed by atoms with Gasteiger partial charge in [0.15, 0.2) is 11.7 Å². The van der Waals surface area contributed by atoms with Crippen molar-refractivity contribution in [2.24, 2.45) is 11.8 Å². The van der Waals surface area contributed by atoms with Gasteiger partial charge in [0, 0.05) is 71.3 Å². The number of methoxy groups -OCH3 is 3. The van der Waals surface area contributed by atoms with E-state index in [1.54, 1.807) is 33.8 Å². The van der Waals surface area contributed by atoms with E-state index in [1.807, 2.05) is 55.5 Å². The first-order chi connectivity index (χ1) is 41.3. The lowest BCUT2D eigenvalue weighted by Crippen LogP contribution is -2.69. The zero-order valence-electron chi connectivity index (χ0n) is 51.9. The van der Waals surface area contributed by atoms with E-state index in [1.165, 1.54) is 6.08 Å². The van der Waals surface area contributed by atoms with E-state index in [-0.39, 0.29) is 59.9 Å². The third kappa shape index (κ3) is 15.7. The Bertz CT molecular complexity index is 3040. The number of fused-ring (bicyclic) bond motifs is 9. The molecule has 0 aliphatic carbocycles. The van der Waals surface area contributed by atoms with Crippen LogP contribution >= 0.6 is 0 Å². The van der Waals surface area contributed by atoms with Crippen molar-refractivity contribution in [3.63, 3.8) is 0 Å². The van der Waals surface area contributed by atoms with Crippen molar-refractivity contribution >= 4 is 36.8 Å². The summed E-state index contributed by atoms with van der Waals surface area (Å²) >= 11 is 0. The third-order valence-electron chi connectivity index (χ3n) is 17.8. The zero-order chi connectivity index (χ0) is 61.2. The second-order valence-corrected chi connectivity index (χ2v) is 29.5. The minimum atomic E-state index is -3.17. The molecule has 4 fully saturated rings. The molecule has 0 spiro atoms. The molecule has 15 atom stereocenters. The summed E-state index contributed by atoms with van der Waals surface area (Å²) in [5, 5.41) is 12.9. The van der Waals surface area contributed by atoms with E-state index < -0.39 is 56.7 Å². The van der Waals surface area contributed by atoms with Gasteiger partial charge in [-0.25, -0.2) is 14.8 Å². The van der Waals surface area contributed by atoms with Gasteiger partial charge in [-0.2, -0.15) is 0 Å². The molecular weight excluding hydrogens is 1100 g/mol. The minimum absolute atomic E-state index is 0.132. The molecule has 4 aromatic rings. The molecule has 0 unspecified atom stereocenters. The van der Waals surface area contributed by atoms with Crippen LogP contribution in [-0.4, -0.2) is 124 Å². The normalized spacial score (nSPS) is 31.5. The van der Waals surface area contributed by atoms with Gasteiger partial charge in [0.1, 0.15) is 29.9 Å². The Hall–Kier alpha value is -5.81. The molecule has 462 valence electrons. The number of oxazole rings is 2. The first-order valence-electron chi connectivity index (χ1n) is 30.6. The second-order valence-electron chi connectivity index (χ2n) is 25.2. The van der Waals surface area contributed by atoms with Gasteiger partial charge in [-0.15, -0.1) is 12.3 Å². The Morgan fingerprint density at radius 3 is 2.33 bits per heavy atom. The molecule has 8 bridgehead atoms. The van der Waals surface area contributed by atoms with E-state index in [2.05, 4.69) is 109 Å². The summed E-state index contributed by atoms with van der Waals surface area (Å²) in [7, 11) is 1.87. The number of allylic oxidation sites excluding steroid dienone is 2. The lowest BCUT2D eigenvalue weighted by molar-refractivity contribution is -0.297. The van der Waals surface area contributed by atoms with E-state index in [0.29, 0.717) is 87.4 Å². The molecule has 0 saturated carbocycles. The standard InChI is InChI=1S/C70H90N2O13Si/c1-13-22-51(75-10)32-31-45(2)35-63(85-86(69(7,8)9,57-24-16-14-17-25-57)58-26-18-15-19-27-58)62-40-55(76-11)41-70(77-12,84-62)42-65-71-43-56(81-65)36-47(4)67-49(6)68-48(5)60(82-67)28-21-29-64-72-59(44-78-64)61-38-50(73)37-54(80-61)39-53-34-46(3)33-52(79-53)23-20-30-66(74)83-68/h1,14-21,24-27,29-32,35-36,43-44,48-55,60-63,67-68,73H,3,22-23,28,33-34,37-42H2,2,4-12H3/b29-21-,30-20-,32-31+,45-35+,47-36+/t48-,49-,50+,51-,52-,53+,54-,55+,60+,61+,62+,63+,67-,68-,70-/m0/s1. The number of esters is 1. The molecule has 7 heterocycles. The number of hydrogen-bond donors (Lipinski definition) is 1. The van der Waals surface area contributed by atoms with Crippen molar-refractivity contribution in [1.29, 1.82) is 0 Å². The number of carbonyl (C=O) groups excluding carboxylic acids is 1. The molecule has 0 radical (unpaired) electrons. The highest BCUT2D eigenvalue weighted by atomic mass is 28.4. The molecule has 1 N–H and O–H groups in total. The van der Waals surface area contributed by atoms with Gasteiger partial charge in [-0.1, -0.05) is 143 Å². The van der Waals surface area contributed by atoms with E-state index in [0.717, 1.165) is 27.1 Å². The number of aromatic nitrogens is 2. The van der Waals surface area contributed by atoms with Crippen LogP contribution in [0, 0.1) is 24.2 Å². The van der Waals surface area contributed by atoms with Crippen LogP contribution in [0.4, 0.5) is 0 Å². The first kappa shape index (κ1) is 64.7. The molecule has 2 aromatic heterocycles. The summed E-state index contributed by atoms with van der Waals surface area (Å²) < 4.78 is 72.7. The Morgan fingerprint density at radius 1 is 0.919 bits per heavy atom. The molecule has 4 saturated heterocycles. The molecule has 5 aliphatic heterocycles. The Labute approximate surface area is 510 Å². The van der Waals surface area contributed by atoms with Crippen LogP contribution in [0.15, 0.2) is 142 Å². The van der Waals surface area contributed by atoms with Crippen LogP contribution < -0.4 is 10.4 Å². The summed E-state index contributed by atoms with van der Waals surface area (Å²) in [5.41, 5.74) is 3.53. The number of aliphatic hydroxyl groups excluding tert-OH is 1. The number of nitrogens with zero attached hydrogens (tertiary/aromatic N) is 2. The van der Waals surface area contributed by atoms with Gasteiger partial charge in [0.25, 0.3) is 8.32 Å². The fourth-order valence-corrected chi connectivity index (χ4v) is 18.1. The third-order valence-corrected chi connectivity index (χ3v) is 22.8. The summed E-state index contributed by atoms with van der Waals surface area (Å²) in [4.78, 5) is 23.4. The number of hydrogen-bond acceptors (Lipinski definition) is 15. The maximum Gasteiger partial charge on any atom is 0.330 e. The number of ether oxygens (including phenoxy) is 8. The van der Waals surface area contributed by atoms with E-state index in [4.69, 9.17) is 67.5 Å². The highest BCUT2D eigenvalue weighted by molar-refractivity contribution is 6.99. The van der Waals surface area contributed by atoms with Crippen molar-refractivity contribution in [2.45, 2.75) is 203 Å². The van der Waals surface area contributed by atoms with Crippen molar-refractivity contribution < 1.29 is 61.1 Å². The minimum Gasteiger partial charge on any atom is -0.458 e. The van der Waals surface area contributed by atoms with Crippen molar-refractivity contribution in [1.82, 2.24) is 9.97 Å². The van der Waals surface area contributed by atoms with Crippen molar-refractivity contribution in [3.8, 4) is 12.3 Å². The molecule has 15 nitrogen and oxygen atoms in total. The summed E-state index contributed by atoms with van der Waals surface area (Å²) in [5.74, 6) is 1.96. The zero-order valence-corrected chi connectivity index (χ0v) is 52.9. The van der Waals surface area contributed by atoms with Gasteiger partial charge in [-0.3, -0.25) is 0 Å². The van der Waals surface area contributed by atoms with Gasteiger partial charge in [0.2, 0.25) is 5.89 Å². The maximum absolute atomic E-state index is 13.8. The van der Waals surface area contributed by atoms with Gasteiger partial charge in [-0.05, 0) is 79.1 Å². The predicted octanol–water partition coefficient (Wildman–Crippen LogP) is 11.7. The lowest BCUT2D eigenvalue weighted by Gasteiger charge is -2.49. The van der Waals surface area contributed by atoms with Crippen molar-refractivity contribution in [2.75, 3.05) is 21.3 Å². The fraction of sp³-hybridized carbons (Fsp3) is 0.529. The fourth-order valence-electron chi connectivity index (χ4n) is 13.4. The second kappa shape index (κ2) is 29.0. The molecule has 5 aliphatic rings. The van der Waals surface area contributed by atoms with Crippen molar-refractivity contribution in [3.05, 3.63) is 156 Å². The van der Waals surface area contributed by atoms with Gasteiger partial charge >= 0.3 is 5.97 Å². The van der Waals surface area contributed by atoms with Crippen LogP contribution in [0.2, 0.25) is 5.04 Å². The molecule has 2 aromatic carbocycles. The quantitative estimate of drug-likeness (QED) is 0.0369. The number of aliphatic hydroxyl groups is 1. The largest absolute Gasteiger partial charge is 0.458 e. The summed E-state index contributed by atoms with van der Waals surface area (Å²) in [6.45, 7) is 19.3. The highest BCUT2D eigenvalue weighted by Gasteiger charge is 2.54. The Balaban J connectivity index is 0.987. The molecule has 16 heteroatoms. The topological polar surface area (TPSA) is 172 Å². The SMILES string of the molecule is C#CC[C@@H](/C=C/C(C)=C/[C@@H](O[Si](c1ccccc1)(c1ccccc1)C(C)(C)C)[C@H]1C[C@@H](OC)C[C@](Cc2ncc(/C=C(\C)[C@@H]3O[C@@H]4C/C=C\c5nc(co5)[C@H]5C[C@H](O)C[C@@H](C[C@H]6CC(=C)C[C@H](C/C=C\C(=O)O[C@@H]([C@H]4C)[C@H]3C)O6)O5)o2)(OC)O1)OC. The van der Waals surface area contributed by atoms with Crippen LogP contribution in [-0.2, 0) is 53.5 Å². The number of carbonyl (C=O) groups is 1. The highest BCUT2D eigenvalue weighted by Crippen LogP contribution is 2.43. The smallest absolute Gasteiger partial charge is 0.330 e. The number of terminal acetylenes is 1. The molecule has 0 amide bonds. The molecule has 9 rings (SSSR count). The Kier molecular flexibility index (Phi) is 21.8. The average Bonchev–Trinajstić information content (AvgIpc) is 0.993. The number of benzene rings is 2. The van der Waals surface area contributed by atoms with E-state index >= 15 is 0 Å². The molecule has 86 heavy (non-hydrogen) atoms. The monoisotopic (exact) mass is 1190 g/mol. The lowest BCUT2D eigenvalue weighted by atomic mass is 9.79. The van der Waals surface area contributed by atoms with Crippen LogP contribution in [0.25, 0.3) is 12.2 Å². The average molecular weight is 1200 g/mol. The summed E-state index contributed by atoms with van der Waals surface area (Å²) in [6, 6.07) is 21.2. The maximum atomic E-state index is 13.8. The van der Waals surface area contributed by atoms with Gasteiger partial charge < -0.3 is 56.3 Å².